The van der Waals surface area contributed by atoms with Gasteiger partial charge in [0.2, 0.25) is 0 Å². The lowest BCUT2D eigenvalue weighted by Crippen LogP contribution is -2.56. The fourth-order valence-corrected chi connectivity index (χ4v) is 6.61. The number of amides is 1. The van der Waals surface area contributed by atoms with Gasteiger partial charge in [-0.05, 0) is 74.1 Å². The highest BCUT2D eigenvalue weighted by Crippen LogP contribution is 2.52. The van der Waals surface area contributed by atoms with E-state index in [-0.39, 0.29) is 35.2 Å². The van der Waals surface area contributed by atoms with Crippen molar-refractivity contribution in [2.75, 3.05) is 20.8 Å². The standard InChI is InChI=1S/C31H45NO5S/c1-20(2)17-31(28(34)37-30(6,7)8)18-22(19-35-9)26(25-12-11-15-38-25)32(31)27(33)21-13-14-23(29(3,4)5)24(16-21)36-10/h11-16,20,22,26H,17-19H2,1-10H3/t22-,26-,31?/m0/s1. The minimum atomic E-state index is -1.13. The zero-order valence-corrected chi connectivity index (χ0v) is 25.5. The Labute approximate surface area is 232 Å². The molecule has 3 atom stereocenters. The van der Waals surface area contributed by atoms with Gasteiger partial charge in [-0.1, -0.05) is 46.8 Å². The molecule has 210 valence electrons. The van der Waals surface area contributed by atoms with Crippen LogP contribution in [0.1, 0.15) is 95.1 Å². The van der Waals surface area contributed by atoms with Gasteiger partial charge in [-0.25, -0.2) is 4.79 Å². The molecule has 0 spiro atoms. The van der Waals surface area contributed by atoms with Crippen molar-refractivity contribution in [1.82, 2.24) is 4.90 Å². The Hall–Kier alpha value is -2.38. The maximum Gasteiger partial charge on any atom is 0.332 e. The predicted octanol–water partition coefficient (Wildman–Crippen LogP) is 7.03. The van der Waals surface area contributed by atoms with Gasteiger partial charge in [0.15, 0.2) is 0 Å². The number of benzene rings is 1. The van der Waals surface area contributed by atoms with E-state index in [2.05, 4.69) is 34.6 Å². The Morgan fingerprint density at radius 2 is 1.79 bits per heavy atom. The molecule has 0 N–H and O–H groups in total. The highest BCUT2D eigenvalue weighted by atomic mass is 32.1. The molecular weight excluding hydrogens is 498 g/mol. The van der Waals surface area contributed by atoms with E-state index < -0.39 is 11.1 Å². The molecule has 0 saturated carbocycles. The van der Waals surface area contributed by atoms with E-state index in [0.717, 1.165) is 10.4 Å². The first-order valence-corrected chi connectivity index (χ1v) is 14.3. The molecule has 1 unspecified atom stereocenters. The minimum absolute atomic E-state index is 0.0652. The lowest BCUT2D eigenvalue weighted by Gasteiger charge is -2.41. The summed E-state index contributed by atoms with van der Waals surface area (Å²) in [4.78, 5) is 31.6. The van der Waals surface area contributed by atoms with E-state index in [1.807, 2.05) is 61.4 Å². The maximum absolute atomic E-state index is 14.6. The predicted molar refractivity (Wildman–Crippen MR) is 153 cm³/mol. The van der Waals surface area contributed by atoms with Crippen LogP contribution in [0.4, 0.5) is 0 Å². The molecule has 2 aromatic rings. The van der Waals surface area contributed by atoms with E-state index in [0.29, 0.717) is 30.8 Å². The Morgan fingerprint density at radius 3 is 2.29 bits per heavy atom. The van der Waals surface area contributed by atoms with Crippen molar-refractivity contribution in [2.45, 2.75) is 90.8 Å². The van der Waals surface area contributed by atoms with Crippen molar-refractivity contribution in [3.63, 3.8) is 0 Å². The molecule has 2 heterocycles. The van der Waals surface area contributed by atoms with Crippen LogP contribution in [-0.2, 0) is 19.7 Å². The Balaban J connectivity index is 2.25. The van der Waals surface area contributed by atoms with Crippen molar-refractivity contribution < 1.29 is 23.8 Å². The molecule has 0 bridgehead atoms. The molecule has 0 aliphatic carbocycles. The number of hydrogen-bond acceptors (Lipinski definition) is 6. The van der Waals surface area contributed by atoms with Gasteiger partial charge in [-0.3, -0.25) is 4.79 Å². The summed E-state index contributed by atoms with van der Waals surface area (Å²) >= 11 is 1.60. The Kier molecular flexibility index (Phi) is 9.04. The number of nitrogens with zero attached hydrogens (tertiary/aromatic N) is 1. The summed E-state index contributed by atoms with van der Waals surface area (Å²) in [7, 11) is 3.30. The van der Waals surface area contributed by atoms with Crippen molar-refractivity contribution >= 4 is 23.2 Å². The molecule has 0 radical (unpaired) electrons. The molecule has 1 amide bonds. The number of hydrogen-bond donors (Lipinski definition) is 0. The van der Waals surface area contributed by atoms with Gasteiger partial charge < -0.3 is 19.1 Å². The highest BCUT2D eigenvalue weighted by molar-refractivity contribution is 7.10. The molecular formula is C31H45NO5S. The minimum Gasteiger partial charge on any atom is -0.496 e. The van der Waals surface area contributed by atoms with Gasteiger partial charge in [0.25, 0.3) is 5.91 Å². The lowest BCUT2D eigenvalue weighted by atomic mass is 9.83. The molecule has 1 aromatic carbocycles. The number of rotatable bonds is 8. The number of likely N-dealkylation sites (tertiary alicyclic amines) is 1. The van der Waals surface area contributed by atoms with Crippen LogP contribution in [0.5, 0.6) is 5.75 Å². The van der Waals surface area contributed by atoms with Crippen LogP contribution in [0.2, 0.25) is 0 Å². The lowest BCUT2D eigenvalue weighted by molar-refractivity contribution is -0.168. The fraction of sp³-hybridized carbons (Fsp3) is 0.613. The number of thiophene rings is 1. The molecule has 1 aliphatic heterocycles. The zero-order chi connectivity index (χ0) is 28.5. The topological polar surface area (TPSA) is 65.1 Å². The average molecular weight is 544 g/mol. The average Bonchev–Trinajstić information content (AvgIpc) is 3.43. The summed E-state index contributed by atoms with van der Waals surface area (Å²) in [5.74, 6) is 0.193. The van der Waals surface area contributed by atoms with Gasteiger partial charge >= 0.3 is 5.97 Å². The third-order valence-electron chi connectivity index (χ3n) is 7.00. The third-order valence-corrected chi connectivity index (χ3v) is 7.94. The first-order chi connectivity index (χ1) is 17.6. The van der Waals surface area contributed by atoms with E-state index in [1.165, 1.54) is 0 Å². The summed E-state index contributed by atoms with van der Waals surface area (Å²) in [5, 5.41) is 2.01. The number of ether oxygens (including phenoxy) is 3. The quantitative estimate of drug-likeness (QED) is 0.335. The Morgan fingerprint density at radius 1 is 1.11 bits per heavy atom. The molecule has 3 rings (SSSR count). The van der Waals surface area contributed by atoms with Crippen LogP contribution in [-0.4, -0.2) is 48.7 Å². The number of methoxy groups -OCH3 is 2. The largest absolute Gasteiger partial charge is 0.496 e. The smallest absolute Gasteiger partial charge is 0.332 e. The molecule has 1 aromatic heterocycles. The number of esters is 1. The maximum atomic E-state index is 14.6. The zero-order valence-electron chi connectivity index (χ0n) is 24.7. The van der Waals surface area contributed by atoms with Crippen LogP contribution < -0.4 is 4.74 Å². The fourth-order valence-electron chi connectivity index (χ4n) is 5.70. The molecule has 1 saturated heterocycles. The molecule has 1 aliphatic rings. The monoisotopic (exact) mass is 543 g/mol. The molecule has 7 heteroatoms. The van der Waals surface area contributed by atoms with Crippen molar-refractivity contribution in [3.8, 4) is 5.75 Å². The second kappa shape index (κ2) is 11.4. The van der Waals surface area contributed by atoms with Crippen molar-refractivity contribution in [3.05, 3.63) is 51.7 Å². The van der Waals surface area contributed by atoms with E-state index in [4.69, 9.17) is 14.2 Å². The third kappa shape index (κ3) is 6.26. The van der Waals surface area contributed by atoms with Crippen LogP contribution in [0.3, 0.4) is 0 Å². The van der Waals surface area contributed by atoms with Gasteiger partial charge in [0, 0.05) is 23.5 Å². The number of carbonyl (C=O) groups excluding carboxylic acids is 2. The second-order valence-electron chi connectivity index (χ2n) is 12.9. The number of carbonyl (C=O) groups is 2. The van der Waals surface area contributed by atoms with Gasteiger partial charge in [0.05, 0.1) is 19.8 Å². The molecule has 38 heavy (non-hydrogen) atoms. The van der Waals surface area contributed by atoms with Gasteiger partial charge in [0.1, 0.15) is 16.9 Å². The summed E-state index contributed by atoms with van der Waals surface area (Å²) in [6.07, 6.45) is 0.965. The van der Waals surface area contributed by atoms with Crippen LogP contribution >= 0.6 is 11.3 Å². The Bertz CT molecular complexity index is 1110. The SMILES string of the molecule is COC[C@@H]1CC(CC(C)C)(C(=O)OC(C)(C)C)N(C(=O)c2ccc(C(C)(C)C)c(OC)c2)[C@@H]1c1cccs1. The summed E-state index contributed by atoms with van der Waals surface area (Å²) in [6, 6.07) is 9.35. The molecule has 6 nitrogen and oxygen atoms in total. The highest BCUT2D eigenvalue weighted by Gasteiger charge is 2.60. The van der Waals surface area contributed by atoms with Gasteiger partial charge in [-0.15, -0.1) is 11.3 Å². The van der Waals surface area contributed by atoms with Crippen LogP contribution in [0.15, 0.2) is 35.7 Å². The summed E-state index contributed by atoms with van der Waals surface area (Å²) in [5.41, 5.74) is -0.462. The van der Waals surface area contributed by atoms with Crippen molar-refractivity contribution in [1.29, 1.82) is 0 Å². The molecule has 1 fully saturated rings. The van der Waals surface area contributed by atoms with Crippen LogP contribution in [0.25, 0.3) is 0 Å². The second-order valence-corrected chi connectivity index (χ2v) is 13.8. The van der Waals surface area contributed by atoms with Crippen molar-refractivity contribution in [2.24, 2.45) is 11.8 Å². The van der Waals surface area contributed by atoms with E-state index in [9.17, 15) is 9.59 Å². The normalized spacial score (nSPS) is 22.1. The summed E-state index contributed by atoms with van der Waals surface area (Å²) < 4.78 is 17.4. The summed E-state index contributed by atoms with van der Waals surface area (Å²) in [6.45, 7) is 16.6. The van der Waals surface area contributed by atoms with E-state index >= 15 is 0 Å². The first kappa shape index (κ1) is 30.2. The van der Waals surface area contributed by atoms with E-state index in [1.54, 1.807) is 25.6 Å². The van der Waals surface area contributed by atoms with Gasteiger partial charge in [-0.2, -0.15) is 0 Å². The van der Waals surface area contributed by atoms with Crippen LogP contribution in [0, 0.1) is 11.8 Å². The first-order valence-electron chi connectivity index (χ1n) is 13.4.